The summed E-state index contributed by atoms with van der Waals surface area (Å²) in [5, 5.41) is 1.19. The predicted molar refractivity (Wildman–Crippen MR) is 109 cm³/mol. The molecule has 1 saturated heterocycles. The summed E-state index contributed by atoms with van der Waals surface area (Å²) in [6.07, 6.45) is 3.41. The van der Waals surface area contributed by atoms with Crippen molar-refractivity contribution in [1.29, 1.82) is 0 Å². The Kier molecular flexibility index (Phi) is 7.06. The van der Waals surface area contributed by atoms with Gasteiger partial charge in [0.25, 0.3) is 5.91 Å². The topological polar surface area (TPSA) is 72.4 Å². The minimum absolute atomic E-state index is 0. The lowest BCUT2D eigenvalue weighted by Gasteiger charge is -2.30. The Balaban J connectivity index is 0.00000121. The van der Waals surface area contributed by atoms with E-state index < -0.39 is 0 Å². The first-order valence-electron chi connectivity index (χ1n) is 8.17. The van der Waals surface area contributed by atoms with Gasteiger partial charge in [-0.3, -0.25) is 4.79 Å². The summed E-state index contributed by atoms with van der Waals surface area (Å²) < 4.78 is 6.50. The molecule has 3 heterocycles. The molecule has 1 amide bonds. The van der Waals surface area contributed by atoms with E-state index >= 15 is 0 Å². The highest BCUT2D eigenvalue weighted by Gasteiger charge is 2.27. The quantitative estimate of drug-likeness (QED) is 0.697. The number of nitrogens with zero attached hydrogens (tertiary/aromatic N) is 2. The first-order chi connectivity index (χ1) is 11.7. The van der Waals surface area contributed by atoms with Crippen LogP contribution in [0.5, 0.6) is 0 Å². The number of thiazole rings is 1. The van der Waals surface area contributed by atoms with Gasteiger partial charge in [0.15, 0.2) is 0 Å². The van der Waals surface area contributed by atoms with Crippen LogP contribution < -0.4 is 5.73 Å². The molecule has 0 saturated carbocycles. The average molecular weight is 414 g/mol. The van der Waals surface area contributed by atoms with Gasteiger partial charge in [-0.15, -0.1) is 36.2 Å². The number of halogens is 2. The van der Waals surface area contributed by atoms with Gasteiger partial charge in [-0.1, -0.05) is 12.1 Å². The number of nitrogens with two attached hydrogens (primary N) is 1. The number of amides is 1. The van der Waals surface area contributed by atoms with Crippen molar-refractivity contribution in [1.82, 2.24) is 9.88 Å². The van der Waals surface area contributed by atoms with Crippen molar-refractivity contribution in [3.63, 3.8) is 0 Å². The fraction of sp³-hybridized carbons (Fsp3) is 0.333. The van der Waals surface area contributed by atoms with Crippen molar-refractivity contribution in [2.24, 2.45) is 5.73 Å². The lowest BCUT2D eigenvalue weighted by molar-refractivity contribution is 0.0712. The summed E-state index contributed by atoms with van der Waals surface area (Å²) in [4.78, 5) is 19.2. The number of piperidine rings is 1. The first-order valence-corrected chi connectivity index (χ1v) is 8.98. The van der Waals surface area contributed by atoms with E-state index in [2.05, 4.69) is 12.1 Å². The van der Waals surface area contributed by atoms with Crippen LogP contribution in [0.3, 0.4) is 0 Å². The van der Waals surface area contributed by atoms with Crippen LogP contribution in [0.25, 0.3) is 10.2 Å². The maximum atomic E-state index is 12.5. The molecule has 1 aliphatic rings. The second-order valence-electron chi connectivity index (χ2n) is 6.09. The minimum atomic E-state index is 0. The highest BCUT2D eigenvalue weighted by Crippen LogP contribution is 2.34. The molecule has 26 heavy (non-hydrogen) atoms. The normalized spacial score (nSPS) is 14.7. The number of furan rings is 1. The number of carbonyl (C=O) groups is 1. The number of rotatable bonds is 3. The number of hydrogen-bond donors (Lipinski definition) is 1. The fourth-order valence-electron chi connectivity index (χ4n) is 3.18. The van der Waals surface area contributed by atoms with Crippen LogP contribution >= 0.6 is 36.2 Å². The monoisotopic (exact) mass is 413 g/mol. The van der Waals surface area contributed by atoms with Crippen molar-refractivity contribution in [3.05, 3.63) is 52.9 Å². The van der Waals surface area contributed by atoms with Crippen molar-refractivity contribution in [3.8, 4) is 0 Å². The van der Waals surface area contributed by atoms with Crippen LogP contribution in [-0.4, -0.2) is 28.9 Å². The van der Waals surface area contributed by atoms with Crippen LogP contribution in [-0.2, 0) is 6.54 Å². The zero-order valence-electron chi connectivity index (χ0n) is 14.1. The third kappa shape index (κ3) is 4.04. The maximum Gasteiger partial charge on any atom is 0.257 e. The summed E-state index contributed by atoms with van der Waals surface area (Å²) in [6, 6.07) is 9.98. The molecule has 0 unspecified atom stereocenters. The van der Waals surface area contributed by atoms with Gasteiger partial charge in [-0.2, -0.15) is 0 Å². The van der Waals surface area contributed by atoms with E-state index in [1.807, 2.05) is 17.0 Å². The molecule has 1 fully saturated rings. The Bertz CT molecular complexity index is 839. The van der Waals surface area contributed by atoms with Crippen LogP contribution in [0.4, 0.5) is 0 Å². The Morgan fingerprint density at radius 3 is 2.65 bits per heavy atom. The Labute approximate surface area is 168 Å². The summed E-state index contributed by atoms with van der Waals surface area (Å²) in [7, 11) is 0. The van der Waals surface area contributed by atoms with Gasteiger partial charge in [-0.25, -0.2) is 4.98 Å². The van der Waals surface area contributed by atoms with E-state index in [1.165, 1.54) is 16.0 Å². The molecule has 0 spiro atoms. The minimum Gasteiger partial charge on any atom is -0.467 e. The molecular formula is C18H21Cl2N3O2S. The molecule has 2 N–H and O–H groups in total. The number of benzene rings is 1. The fourth-order valence-corrected chi connectivity index (χ4v) is 4.31. The highest BCUT2D eigenvalue weighted by molar-refractivity contribution is 7.18. The van der Waals surface area contributed by atoms with Crippen molar-refractivity contribution < 1.29 is 9.21 Å². The van der Waals surface area contributed by atoms with Gasteiger partial charge >= 0.3 is 0 Å². The molecule has 5 nitrogen and oxygen atoms in total. The Morgan fingerprint density at radius 2 is 2.00 bits per heavy atom. The van der Waals surface area contributed by atoms with Gasteiger partial charge in [0.05, 0.1) is 27.3 Å². The van der Waals surface area contributed by atoms with Crippen LogP contribution in [0.15, 0.2) is 41.0 Å². The maximum absolute atomic E-state index is 12.5. The molecule has 1 aliphatic heterocycles. The number of carbonyl (C=O) groups excluding carboxylic acids is 1. The molecule has 3 aromatic rings. The van der Waals surface area contributed by atoms with Crippen LogP contribution in [0, 0.1) is 0 Å². The third-order valence-corrected chi connectivity index (χ3v) is 5.74. The molecule has 8 heteroatoms. The summed E-state index contributed by atoms with van der Waals surface area (Å²) in [6.45, 7) is 1.82. The van der Waals surface area contributed by atoms with Crippen molar-refractivity contribution in [2.45, 2.75) is 25.3 Å². The molecule has 4 rings (SSSR count). The number of hydrogen-bond acceptors (Lipinski definition) is 5. The van der Waals surface area contributed by atoms with E-state index in [0.29, 0.717) is 23.8 Å². The first kappa shape index (κ1) is 20.7. The number of likely N-dealkylation sites (tertiary alicyclic amines) is 1. The summed E-state index contributed by atoms with van der Waals surface area (Å²) in [5.41, 5.74) is 7.20. The lowest BCUT2D eigenvalue weighted by Crippen LogP contribution is -2.37. The van der Waals surface area contributed by atoms with Crippen molar-refractivity contribution >= 4 is 52.3 Å². The zero-order chi connectivity index (χ0) is 16.5. The SMILES string of the molecule is Cl.Cl.NCc1cc(C(=O)N2CCC(c3nc4ccccc4s3)CC2)co1. The predicted octanol–water partition coefficient (Wildman–Crippen LogP) is 4.21. The lowest BCUT2D eigenvalue weighted by atomic mass is 9.97. The number of fused-ring (bicyclic) bond motifs is 1. The summed E-state index contributed by atoms with van der Waals surface area (Å²) >= 11 is 1.77. The molecule has 2 aromatic heterocycles. The Morgan fingerprint density at radius 1 is 1.27 bits per heavy atom. The number of aromatic nitrogens is 1. The van der Waals surface area contributed by atoms with Gasteiger partial charge in [-0.05, 0) is 31.0 Å². The smallest absolute Gasteiger partial charge is 0.257 e. The van der Waals surface area contributed by atoms with E-state index in [0.717, 1.165) is 31.4 Å². The van der Waals surface area contributed by atoms with E-state index in [-0.39, 0.29) is 30.7 Å². The van der Waals surface area contributed by atoms with E-state index in [4.69, 9.17) is 15.1 Å². The standard InChI is InChI=1S/C18H19N3O2S.2ClH/c19-10-14-9-13(11-23-14)18(22)21-7-5-12(6-8-21)17-20-15-3-1-2-4-16(15)24-17;;/h1-4,9,11-12H,5-8,10,19H2;2*1H. The van der Waals surface area contributed by atoms with Crippen LogP contribution in [0.2, 0.25) is 0 Å². The third-order valence-electron chi connectivity index (χ3n) is 4.54. The molecule has 0 radical (unpaired) electrons. The van der Waals surface area contributed by atoms with Crippen LogP contribution in [0.1, 0.15) is 39.9 Å². The molecule has 1 aromatic carbocycles. The number of para-hydroxylation sites is 1. The van der Waals surface area contributed by atoms with Gasteiger partial charge < -0.3 is 15.1 Å². The van der Waals surface area contributed by atoms with E-state index in [9.17, 15) is 4.79 Å². The van der Waals surface area contributed by atoms with Crippen molar-refractivity contribution in [2.75, 3.05) is 13.1 Å². The van der Waals surface area contributed by atoms with Gasteiger partial charge in [0.2, 0.25) is 0 Å². The molecular weight excluding hydrogens is 393 g/mol. The molecule has 0 atom stereocenters. The highest BCUT2D eigenvalue weighted by atomic mass is 35.5. The average Bonchev–Trinajstić information content (AvgIpc) is 3.28. The molecule has 140 valence electrons. The van der Waals surface area contributed by atoms with Gasteiger partial charge in [0, 0.05) is 19.0 Å². The summed E-state index contributed by atoms with van der Waals surface area (Å²) in [5.74, 6) is 1.11. The zero-order valence-corrected chi connectivity index (χ0v) is 16.5. The molecule has 0 bridgehead atoms. The Hall–Kier alpha value is -1.60. The second kappa shape index (κ2) is 8.86. The molecule has 0 aliphatic carbocycles. The second-order valence-corrected chi connectivity index (χ2v) is 7.15. The van der Waals surface area contributed by atoms with Gasteiger partial charge in [0.1, 0.15) is 12.0 Å². The van der Waals surface area contributed by atoms with E-state index in [1.54, 1.807) is 17.4 Å². The largest absolute Gasteiger partial charge is 0.467 e.